The van der Waals surface area contributed by atoms with Crippen molar-refractivity contribution >= 4 is 17.2 Å². The van der Waals surface area contributed by atoms with E-state index in [1.54, 1.807) is 7.11 Å². The van der Waals surface area contributed by atoms with Gasteiger partial charge in [0.05, 0.1) is 13.2 Å². The number of nitrogens with one attached hydrogen (secondary N) is 1. The van der Waals surface area contributed by atoms with Crippen molar-refractivity contribution in [2.75, 3.05) is 33.5 Å². The summed E-state index contributed by atoms with van der Waals surface area (Å²) >= 11 is 1.52. The van der Waals surface area contributed by atoms with Gasteiger partial charge in [0.2, 0.25) is 0 Å². The second-order valence-electron chi connectivity index (χ2n) is 3.23. The van der Waals surface area contributed by atoms with Gasteiger partial charge in [-0.1, -0.05) is 0 Å². The molecule has 0 aliphatic heterocycles. The number of thiophene rings is 1. The molecule has 0 radical (unpaired) electrons. The van der Waals surface area contributed by atoms with Crippen molar-refractivity contribution in [2.45, 2.75) is 6.42 Å². The molecule has 1 amide bonds. The molecule has 1 aromatic rings. The maximum atomic E-state index is 11.5. The fourth-order valence-electron chi connectivity index (χ4n) is 1.12. The molecular formula is C11H17NO3S. The zero-order chi connectivity index (χ0) is 11.6. The predicted octanol–water partition coefficient (Wildman–Crippen LogP) is 1.53. The fourth-order valence-corrected chi connectivity index (χ4v) is 1.75. The molecule has 1 aromatic heterocycles. The number of amides is 1. The molecule has 0 aliphatic carbocycles. The first-order valence-electron chi connectivity index (χ1n) is 5.21. The highest BCUT2D eigenvalue weighted by atomic mass is 32.1. The van der Waals surface area contributed by atoms with E-state index in [4.69, 9.17) is 9.47 Å². The maximum Gasteiger partial charge on any atom is 0.252 e. The zero-order valence-corrected chi connectivity index (χ0v) is 10.2. The van der Waals surface area contributed by atoms with Crippen molar-refractivity contribution in [3.8, 4) is 0 Å². The fraction of sp³-hybridized carbons (Fsp3) is 0.545. The van der Waals surface area contributed by atoms with Crippen LogP contribution in [0.2, 0.25) is 0 Å². The lowest BCUT2D eigenvalue weighted by molar-refractivity contribution is 0.0688. The normalized spacial score (nSPS) is 10.3. The van der Waals surface area contributed by atoms with E-state index in [1.165, 1.54) is 11.3 Å². The van der Waals surface area contributed by atoms with Gasteiger partial charge in [-0.15, -0.1) is 0 Å². The third kappa shape index (κ3) is 5.25. The SMILES string of the molecule is COCCOCCCNC(=O)c1ccsc1. The minimum atomic E-state index is -0.0156. The first-order chi connectivity index (χ1) is 7.84. The van der Waals surface area contributed by atoms with Crippen LogP contribution in [0.3, 0.4) is 0 Å². The van der Waals surface area contributed by atoms with Crippen molar-refractivity contribution < 1.29 is 14.3 Å². The summed E-state index contributed by atoms with van der Waals surface area (Å²) in [6, 6.07) is 1.81. The van der Waals surface area contributed by atoms with E-state index in [2.05, 4.69) is 5.32 Å². The summed E-state index contributed by atoms with van der Waals surface area (Å²) in [5.41, 5.74) is 0.727. The van der Waals surface area contributed by atoms with E-state index >= 15 is 0 Å². The van der Waals surface area contributed by atoms with Gasteiger partial charge in [0.25, 0.3) is 5.91 Å². The quantitative estimate of drug-likeness (QED) is 0.704. The monoisotopic (exact) mass is 243 g/mol. The minimum Gasteiger partial charge on any atom is -0.382 e. The number of ether oxygens (including phenoxy) is 2. The van der Waals surface area contributed by atoms with Gasteiger partial charge in [-0.2, -0.15) is 11.3 Å². The molecule has 0 atom stereocenters. The molecule has 0 aliphatic rings. The van der Waals surface area contributed by atoms with Gasteiger partial charge >= 0.3 is 0 Å². The molecule has 0 saturated carbocycles. The molecule has 1 heterocycles. The molecule has 1 rings (SSSR count). The van der Waals surface area contributed by atoms with Crippen molar-refractivity contribution in [3.05, 3.63) is 22.4 Å². The van der Waals surface area contributed by atoms with Gasteiger partial charge in [0.15, 0.2) is 0 Å². The van der Waals surface area contributed by atoms with Crippen LogP contribution in [0.15, 0.2) is 16.8 Å². The summed E-state index contributed by atoms with van der Waals surface area (Å²) in [6.07, 6.45) is 0.819. The molecule has 0 spiro atoms. The molecule has 1 N–H and O–H groups in total. The highest BCUT2D eigenvalue weighted by Gasteiger charge is 2.03. The summed E-state index contributed by atoms with van der Waals surface area (Å²) in [5, 5.41) is 6.56. The van der Waals surface area contributed by atoms with E-state index in [1.807, 2.05) is 16.8 Å². The number of hydrogen-bond donors (Lipinski definition) is 1. The average Bonchev–Trinajstić information content (AvgIpc) is 2.81. The van der Waals surface area contributed by atoms with E-state index < -0.39 is 0 Å². The lowest BCUT2D eigenvalue weighted by atomic mass is 10.3. The molecule has 4 nitrogen and oxygen atoms in total. The number of carbonyl (C=O) groups is 1. The second-order valence-corrected chi connectivity index (χ2v) is 4.01. The summed E-state index contributed by atoms with van der Waals surface area (Å²) in [5.74, 6) is -0.0156. The lowest BCUT2D eigenvalue weighted by Crippen LogP contribution is -2.24. The average molecular weight is 243 g/mol. The topological polar surface area (TPSA) is 47.6 Å². The molecule has 0 aromatic carbocycles. The first kappa shape index (κ1) is 13.2. The summed E-state index contributed by atoms with van der Waals surface area (Å²) in [7, 11) is 1.64. The maximum absolute atomic E-state index is 11.5. The zero-order valence-electron chi connectivity index (χ0n) is 9.40. The Kier molecular flexibility index (Phi) is 6.80. The Bertz CT molecular complexity index is 287. The van der Waals surface area contributed by atoms with Crippen LogP contribution < -0.4 is 5.32 Å². The third-order valence-electron chi connectivity index (χ3n) is 1.97. The molecule has 0 bridgehead atoms. The van der Waals surface area contributed by atoms with Crippen LogP contribution in [0.25, 0.3) is 0 Å². The van der Waals surface area contributed by atoms with Crippen molar-refractivity contribution in [3.63, 3.8) is 0 Å². The minimum absolute atomic E-state index is 0.0156. The molecular weight excluding hydrogens is 226 g/mol. The van der Waals surface area contributed by atoms with E-state index in [9.17, 15) is 4.79 Å². The van der Waals surface area contributed by atoms with Crippen LogP contribution in [0.5, 0.6) is 0 Å². The Morgan fingerprint density at radius 2 is 2.31 bits per heavy atom. The van der Waals surface area contributed by atoms with Crippen molar-refractivity contribution in [2.24, 2.45) is 0 Å². The van der Waals surface area contributed by atoms with Crippen LogP contribution >= 0.6 is 11.3 Å². The summed E-state index contributed by atoms with van der Waals surface area (Å²) in [4.78, 5) is 11.5. The molecule has 0 saturated heterocycles. The standard InChI is InChI=1S/C11H17NO3S/c1-14-6-7-15-5-2-4-12-11(13)10-3-8-16-9-10/h3,8-9H,2,4-7H2,1H3,(H,12,13). The van der Waals surface area contributed by atoms with Crippen LogP contribution in [0, 0.1) is 0 Å². The molecule has 90 valence electrons. The Hall–Kier alpha value is -0.910. The Labute approximate surface area is 99.6 Å². The van der Waals surface area contributed by atoms with Gasteiger partial charge in [-0.05, 0) is 17.9 Å². The molecule has 0 fully saturated rings. The highest BCUT2D eigenvalue weighted by molar-refractivity contribution is 7.08. The molecule has 16 heavy (non-hydrogen) atoms. The predicted molar refractivity (Wildman–Crippen MR) is 64.0 cm³/mol. The van der Waals surface area contributed by atoms with Crippen molar-refractivity contribution in [1.29, 1.82) is 0 Å². The van der Waals surface area contributed by atoms with Gasteiger partial charge in [0, 0.05) is 31.2 Å². The van der Waals surface area contributed by atoms with Crippen molar-refractivity contribution in [1.82, 2.24) is 5.32 Å². The number of hydrogen-bond acceptors (Lipinski definition) is 4. The molecule has 5 heteroatoms. The largest absolute Gasteiger partial charge is 0.382 e. The number of carbonyl (C=O) groups excluding carboxylic acids is 1. The number of rotatable bonds is 8. The van der Waals surface area contributed by atoms with Gasteiger partial charge in [0.1, 0.15) is 0 Å². The van der Waals surface area contributed by atoms with Gasteiger partial charge in [-0.25, -0.2) is 0 Å². The Morgan fingerprint density at radius 3 is 3.00 bits per heavy atom. The second kappa shape index (κ2) is 8.27. The highest BCUT2D eigenvalue weighted by Crippen LogP contribution is 2.04. The van der Waals surface area contributed by atoms with E-state index in [0.717, 1.165) is 12.0 Å². The van der Waals surface area contributed by atoms with Gasteiger partial charge < -0.3 is 14.8 Å². The smallest absolute Gasteiger partial charge is 0.252 e. The third-order valence-corrected chi connectivity index (χ3v) is 2.65. The van der Waals surface area contributed by atoms with E-state index in [-0.39, 0.29) is 5.91 Å². The van der Waals surface area contributed by atoms with Crippen LogP contribution in [-0.2, 0) is 9.47 Å². The van der Waals surface area contributed by atoms with Crippen LogP contribution in [-0.4, -0.2) is 39.4 Å². The van der Waals surface area contributed by atoms with E-state index in [0.29, 0.717) is 26.4 Å². The summed E-state index contributed by atoms with van der Waals surface area (Å²) in [6.45, 7) is 2.51. The first-order valence-corrected chi connectivity index (χ1v) is 6.16. The van der Waals surface area contributed by atoms with Gasteiger partial charge in [-0.3, -0.25) is 4.79 Å². The van der Waals surface area contributed by atoms with Crippen LogP contribution in [0.4, 0.5) is 0 Å². The Morgan fingerprint density at radius 1 is 1.44 bits per heavy atom. The summed E-state index contributed by atoms with van der Waals surface area (Å²) < 4.78 is 10.1. The molecule has 0 unspecified atom stereocenters. The Balaban J connectivity index is 1.97. The van der Waals surface area contributed by atoms with Crippen LogP contribution in [0.1, 0.15) is 16.8 Å². The number of methoxy groups -OCH3 is 1. The lowest BCUT2D eigenvalue weighted by Gasteiger charge is -2.04.